The molecule has 6 nitrogen and oxygen atoms in total. The third-order valence-corrected chi connectivity index (χ3v) is 4.43. The lowest BCUT2D eigenvalue weighted by Gasteiger charge is -2.19. The fraction of sp³-hybridized carbons (Fsp3) is 0.588. The summed E-state index contributed by atoms with van der Waals surface area (Å²) >= 11 is 5.99. The van der Waals surface area contributed by atoms with Crippen LogP contribution in [0.4, 0.5) is 5.95 Å². The van der Waals surface area contributed by atoms with Gasteiger partial charge in [0.2, 0.25) is 11.9 Å². The van der Waals surface area contributed by atoms with Crippen LogP contribution in [0.5, 0.6) is 0 Å². The Morgan fingerprint density at radius 2 is 2.25 bits per heavy atom. The lowest BCUT2D eigenvalue weighted by Crippen LogP contribution is -2.25. The second-order valence-electron chi connectivity index (χ2n) is 6.85. The molecule has 0 aliphatic carbocycles. The molecule has 0 spiro atoms. The van der Waals surface area contributed by atoms with E-state index in [2.05, 4.69) is 36.1 Å². The number of carbonyl (C=O) groups excluding carboxylic acids is 1. The summed E-state index contributed by atoms with van der Waals surface area (Å²) in [5.74, 6) is 0.431. The number of imidazole rings is 1. The number of hydrogen-bond donors (Lipinski definition) is 1. The fourth-order valence-electron chi connectivity index (χ4n) is 3.11. The number of fused-ring (bicyclic) bond motifs is 1. The number of ether oxygens (including phenoxy) is 1. The van der Waals surface area contributed by atoms with Gasteiger partial charge >= 0.3 is 0 Å². The summed E-state index contributed by atoms with van der Waals surface area (Å²) in [7, 11) is 0. The molecule has 0 bridgehead atoms. The van der Waals surface area contributed by atoms with Gasteiger partial charge in [-0.3, -0.25) is 14.7 Å². The molecule has 2 aromatic rings. The Morgan fingerprint density at radius 3 is 2.92 bits per heavy atom. The minimum Gasteiger partial charge on any atom is -0.372 e. The average molecular weight is 351 g/mol. The van der Waals surface area contributed by atoms with Gasteiger partial charge in [0.15, 0.2) is 5.65 Å². The van der Waals surface area contributed by atoms with Gasteiger partial charge in [-0.25, -0.2) is 9.97 Å². The Morgan fingerprint density at radius 1 is 1.46 bits per heavy atom. The molecule has 0 radical (unpaired) electrons. The number of nitrogens with zero attached hydrogens (tertiary/aromatic N) is 3. The van der Waals surface area contributed by atoms with Crippen molar-refractivity contribution >= 4 is 34.6 Å². The van der Waals surface area contributed by atoms with E-state index in [9.17, 15) is 4.79 Å². The number of aromatic nitrogens is 3. The zero-order chi connectivity index (χ0) is 17.3. The van der Waals surface area contributed by atoms with Crippen LogP contribution in [-0.4, -0.2) is 32.1 Å². The van der Waals surface area contributed by atoms with E-state index < -0.39 is 0 Å². The maximum atomic E-state index is 12.4. The molecule has 3 heterocycles. The van der Waals surface area contributed by atoms with Gasteiger partial charge in [0, 0.05) is 6.54 Å². The summed E-state index contributed by atoms with van der Waals surface area (Å²) < 4.78 is 7.79. The molecule has 130 valence electrons. The van der Waals surface area contributed by atoms with E-state index >= 15 is 0 Å². The predicted octanol–water partition coefficient (Wildman–Crippen LogP) is 3.78. The van der Waals surface area contributed by atoms with Crippen molar-refractivity contribution < 1.29 is 9.53 Å². The van der Waals surface area contributed by atoms with E-state index in [1.165, 1.54) is 0 Å². The lowest BCUT2D eigenvalue weighted by molar-refractivity contribution is -0.119. The highest BCUT2D eigenvalue weighted by molar-refractivity contribution is 6.29. The summed E-state index contributed by atoms with van der Waals surface area (Å²) in [4.78, 5) is 21.2. The monoisotopic (exact) mass is 350 g/mol. The van der Waals surface area contributed by atoms with Gasteiger partial charge < -0.3 is 4.74 Å². The number of hydrogen-bond acceptors (Lipinski definition) is 4. The largest absolute Gasteiger partial charge is 0.372 e. The first-order chi connectivity index (χ1) is 11.4. The van der Waals surface area contributed by atoms with Crippen molar-refractivity contribution in [3.8, 4) is 0 Å². The quantitative estimate of drug-likeness (QED) is 0.833. The van der Waals surface area contributed by atoms with Gasteiger partial charge in [0.05, 0.1) is 18.1 Å². The van der Waals surface area contributed by atoms with Crippen LogP contribution < -0.4 is 5.32 Å². The Balaban J connectivity index is 1.76. The summed E-state index contributed by atoms with van der Waals surface area (Å²) in [6.07, 6.45) is 3.09. The van der Waals surface area contributed by atoms with Crippen LogP contribution in [0.3, 0.4) is 0 Å². The van der Waals surface area contributed by atoms with E-state index in [4.69, 9.17) is 16.3 Å². The molecule has 0 aromatic carbocycles. The van der Waals surface area contributed by atoms with Crippen molar-refractivity contribution in [3.63, 3.8) is 0 Å². The standard InChI is InChI=1S/C17H23ClN4O2/c1-4-9-22-15-12(5-6-13(18)20-15)19-16(22)21-14(23)10-11-7-8-17(2,3)24-11/h5-6,11H,4,7-10H2,1-3H3,(H,19,21,23). The molecule has 1 aliphatic rings. The summed E-state index contributed by atoms with van der Waals surface area (Å²) in [6.45, 7) is 6.89. The molecule has 1 aliphatic heterocycles. The van der Waals surface area contributed by atoms with Gasteiger partial charge in [-0.2, -0.15) is 0 Å². The second-order valence-corrected chi connectivity index (χ2v) is 7.24. The number of amides is 1. The molecule has 1 saturated heterocycles. The van der Waals surface area contributed by atoms with Gasteiger partial charge in [-0.15, -0.1) is 0 Å². The van der Waals surface area contributed by atoms with Crippen LogP contribution in [0.2, 0.25) is 5.15 Å². The number of halogens is 1. The molecule has 3 rings (SSSR count). The fourth-order valence-corrected chi connectivity index (χ4v) is 3.26. The van der Waals surface area contributed by atoms with Crippen molar-refractivity contribution in [1.29, 1.82) is 0 Å². The van der Waals surface area contributed by atoms with Crippen LogP contribution >= 0.6 is 11.6 Å². The van der Waals surface area contributed by atoms with Crippen LogP contribution in [-0.2, 0) is 16.1 Å². The highest BCUT2D eigenvalue weighted by Gasteiger charge is 2.33. The van der Waals surface area contributed by atoms with Crippen molar-refractivity contribution in [2.45, 2.75) is 64.7 Å². The molecule has 7 heteroatoms. The number of aryl methyl sites for hydroxylation is 1. The lowest BCUT2D eigenvalue weighted by atomic mass is 10.0. The van der Waals surface area contributed by atoms with Crippen LogP contribution in [0.15, 0.2) is 12.1 Å². The van der Waals surface area contributed by atoms with Crippen molar-refractivity contribution in [3.05, 3.63) is 17.3 Å². The van der Waals surface area contributed by atoms with E-state index in [-0.39, 0.29) is 17.6 Å². The average Bonchev–Trinajstić information content (AvgIpc) is 3.00. The first kappa shape index (κ1) is 17.2. The van der Waals surface area contributed by atoms with Crippen LogP contribution in [0.25, 0.3) is 11.2 Å². The van der Waals surface area contributed by atoms with E-state index in [0.717, 1.165) is 24.8 Å². The molecule has 1 atom stereocenters. The molecule has 24 heavy (non-hydrogen) atoms. The highest BCUT2D eigenvalue weighted by atomic mass is 35.5. The predicted molar refractivity (Wildman–Crippen MR) is 94.3 cm³/mol. The Kier molecular flexibility index (Phi) is 4.78. The number of pyridine rings is 1. The minimum atomic E-state index is -0.138. The molecule has 1 fully saturated rings. The number of rotatable bonds is 5. The van der Waals surface area contributed by atoms with Gasteiger partial charge in [-0.1, -0.05) is 18.5 Å². The number of carbonyl (C=O) groups is 1. The normalized spacial score (nSPS) is 19.8. The number of nitrogens with one attached hydrogen (secondary N) is 1. The second kappa shape index (κ2) is 6.69. The molecule has 1 unspecified atom stereocenters. The first-order valence-electron chi connectivity index (χ1n) is 8.38. The maximum absolute atomic E-state index is 12.4. The van der Waals surface area contributed by atoms with Crippen LogP contribution in [0.1, 0.15) is 46.5 Å². The topological polar surface area (TPSA) is 69.0 Å². The van der Waals surface area contributed by atoms with Crippen molar-refractivity contribution in [2.24, 2.45) is 0 Å². The highest BCUT2D eigenvalue weighted by Crippen LogP contribution is 2.31. The molecular weight excluding hydrogens is 328 g/mol. The Hall–Kier alpha value is -1.66. The SMILES string of the molecule is CCCn1c(NC(=O)CC2CCC(C)(C)O2)nc2ccc(Cl)nc21. The molecule has 1 N–H and O–H groups in total. The third-order valence-electron chi connectivity index (χ3n) is 4.22. The van der Waals surface area contributed by atoms with Crippen LogP contribution in [0, 0.1) is 0 Å². The third kappa shape index (κ3) is 3.70. The van der Waals surface area contributed by atoms with E-state index in [1.807, 2.05) is 10.6 Å². The summed E-state index contributed by atoms with van der Waals surface area (Å²) in [6, 6.07) is 3.52. The molecule has 0 saturated carbocycles. The summed E-state index contributed by atoms with van der Waals surface area (Å²) in [5.41, 5.74) is 1.28. The summed E-state index contributed by atoms with van der Waals surface area (Å²) in [5, 5.41) is 3.32. The van der Waals surface area contributed by atoms with Gasteiger partial charge in [0.1, 0.15) is 10.7 Å². The van der Waals surface area contributed by atoms with E-state index in [1.54, 1.807) is 6.07 Å². The minimum absolute atomic E-state index is 0.0310. The number of anilines is 1. The first-order valence-corrected chi connectivity index (χ1v) is 8.76. The Bertz CT molecular complexity index is 756. The van der Waals surface area contributed by atoms with Gasteiger partial charge in [0.25, 0.3) is 0 Å². The zero-order valence-electron chi connectivity index (χ0n) is 14.3. The van der Waals surface area contributed by atoms with Crippen molar-refractivity contribution in [1.82, 2.24) is 14.5 Å². The Labute approximate surface area is 146 Å². The molecular formula is C17H23ClN4O2. The smallest absolute Gasteiger partial charge is 0.229 e. The van der Waals surface area contributed by atoms with E-state index in [0.29, 0.717) is 29.7 Å². The zero-order valence-corrected chi connectivity index (χ0v) is 15.1. The maximum Gasteiger partial charge on any atom is 0.229 e. The van der Waals surface area contributed by atoms with Crippen molar-refractivity contribution in [2.75, 3.05) is 5.32 Å². The molecule has 1 amide bonds. The van der Waals surface area contributed by atoms with Gasteiger partial charge in [-0.05, 0) is 45.2 Å². The molecule has 2 aromatic heterocycles.